The standard InChI is InChI=1S/C7H12N2O/c1-3-7(2)4-5-10-9-6-8-7/h4-6H,3H2,1-2H3,(H,8,9). The molecule has 1 N–H and O–H groups in total. The Morgan fingerprint density at radius 2 is 2.50 bits per heavy atom. The Bertz CT molecular complexity index is 149. The van der Waals surface area contributed by atoms with Gasteiger partial charge in [-0.1, -0.05) is 6.92 Å². The first-order chi connectivity index (χ1) is 4.77. The largest absolute Gasteiger partial charge is 0.389 e. The first-order valence-corrected chi connectivity index (χ1v) is 3.39. The van der Waals surface area contributed by atoms with Crippen LogP contribution in [0.5, 0.6) is 0 Å². The van der Waals surface area contributed by atoms with E-state index in [4.69, 9.17) is 4.84 Å². The number of hydrogen-bond donors (Lipinski definition) is 1. The van der Waals surface area contributed by atoms with Gasteiger partial charge in [0.25, 0.3) is 0 Å². The number of aliphatic imine (C=N–C) groups is 1. The first kappa shape index (κ1) is 7.12. The maximum atomic E-state index is 4.81. The molecular weight excluding hydrogens is 128 g/mol. The van der Waals surface area contributed by atoms with Crippen LogP contribution < -0.4 is 5.48 Å². The lowest BCUT2D eigenvalue weighted by atomic mass is 10.0. The topological polar surface area (TPSA) is 33.6 Å². The summed E-state index contributed by atoms with van der Waals surface area (Å²) in [6, 6.07) is 0. The Balaban J connectivity index is 2.72. The summed E-state index contributed by atoms with van der Waals surface area (Å²) in [5.41, 5.74) is 2.46. The van der Waals surface area contributed by atoms with Crippen LogP contribution in [0.2, 0.25) is 0 Å². The Kier molecular flexibility index (Phi) is 1.94. The van der Waals surface area contributed by atoms with E-state index in [0.717, 1.165) is 6.42 Å². The lowest BCUT2D eigenvalue weighted by Crippen LogP contribution is -2.17. The van der Waals surface area contributed by atoms with Crippen LogP contribution >= 0.6 is 0 Å². The third-order valence-electron chi connectivity index (χ3n) is 1.69. The molecule has 0 aromatic rings. The predicted octanol–water partition coefficient (Wildman–Crippen LogP) is 1.23. The van der Waals surface area contributed by atoms with Crippen molar-refractivity contribution in [3.8, 4) is 0 Å². The molecule has 0 amide bonds. The molecule has 3 heteroatoms. The summed E-state index contributed by atoms with van der Waals surface area (Å²) >= 11 is 0. The molecule has 0 aromatic heterocycles. The van der Waals surface area contributed by atoms with Gasteiger partial charge in [0.2, 0.25) is 0 Å². The van der Waals surface area contributed by atoms with Gasteiger partial charge < -0.3 is 4.84 Å². The van der Waals surface area contributed by atoms with E-state index in [1.54, 1.807) is 12.6 Å². The van der Waals surface area contributed by atoms with Crippen LogP contribution in [0.1, 0.15) is 20.3 Å². The molecule has 0 aromatic carbocycles. The minimum Gasteiger partial charge on any atom is -0.389 e. The normalized spacial score (nSPS) is 30.6. The summed E-state index contributed by atoms with van der Waals surface area (Å²) in [6.45, 7) is 4.14. The monoisotopic (exact) mass is 140 g/mol. The lowest BCUT2D eigenvalue weighted by Gasteiger charge is -2.15. The van der Waals surface area contributed by atoms with E-state index in [-0.39, 0.29) is 5.54 Å². The molecule has 0 fully saturated rings. The molecular formula is C7H12N2O. The van der Waals surface area contributed by atoms with E-state index >= 15 is 0 Å². The van der Waals surface area contributed by atoms with E-state index in [2.05, 4.69) is 24.3 Å². The molecule has 0 saturated carbocycles. The molecule has 0 saturated heterocycles. The van der Waals surface area contributed by atoms with E-state index in [1.807, 2.05) is 6.08 Å². The van der Waals surface area contributed by atoms with Gasteiger partial charge in [-0.25, -0.2) is 5.48 Å². The Morgan fingerprint density at radius 3 is 3.20 bits per heavy atom. The van der Waals surface area contributed by atoms with Crippen molar-refractivity contribution >= 4 is 6.34 Å². The minimum absolute atomic E-state index is 0.0938. The molecule has 1 atom stereocenters. The Morgan fingerprint density at radius 1 is 1.70 bits per heavy atom. The SMILES string of the molecule is CCC1(C)C=CONC=N1. The van der Waals surface area contributed by atoms with Gasteiger partial charge in [-0.05, 0) is 19.4 Å². The van der Waals surface area contributed by atoms with Crippen LogP contribution in [-0.2, 0) is 4.84 Å². The molecule has 1 aliphatic heterocycles. The van der Waals surface area contributed by atoms with E-state index in [9.17, 15) is 0 Å². The molecule has 0 radical (unpaired) electrons. The number of rotatable bonds is 1. The highest BCUT2D eigenvalue weighted by Crippen LogP contribution is 2.16. The number of nitrogens with zero attached hydrogens (tertiary/aromatic N) is 1. The highest BCUT2D eigenvalue weighted by molar-refractivity contribution is 5.54. The van der Waals surface area contributed by atoms with Crippen molar-refractivity contribution in [2.24, 2.45) is 4.99 Å². The number of nitrogens with one attached hydrogen (secondary N) is 1. The summed E-state index contributed by atoms with van der Waals surface area (Å²) < 4.78 is 0. The third kappa shape index (κ3) is 1.50. The average molecular weight is 140 g/mol. The fourth-order valence-electron chi connectivity index (χ4n) is 0.676. The average Bonchev–Trinajstić information content (AvgIpc) is 2.15. The van der Waals surface area contributed by atoms with E-state index < -0.39 is 0 Å². The van der Waals surface area contributed by atoms with Gasteiger partial charge in [-0.3, -0.25) is 4.99 Å². The zero-order valence-electron chi connectivity index (χ0n) is 6.29. The fraction of sp³-hybridized carbons (Fsp3) is 0.571. The summed E-state index contributed by atoms with van der Waals surface area (Å²) in [4.78, 5) is 9.04. The quantitative estimate of drug-likeness (QED) is 0.594. The molecule has 0 bridgehead atoms. The van der Waals surface area contributed by atoms with Gasteiger partial charge in [-0.2, -0.15) is 0 Å². The van der Waals surface area contributed by atoms with Crippen molar-refractivity contribution in [3.63, 3.8) is 0 Å². The summed E-state index contributed by atoms with van der Waals surface area (Å²) in [5, 5.41) is 0. The second-order valence-electron chi connectivity index (χ2n) is 2.51. The van der Waals surface area contributed by atoms with Crippen molar-refractivity contribution in [2.45, 2.75) is 25.8 Å². The summed E-state index contributed by atoms with van der Waals surface area (Å²) in [6.07, 6.45) is 6.11. The van der Waals surface area contributed by atoms with Crippen LogP contribution in [0.3, 0.4) is 0 Å². The second-order valence-corrected chi connectivity index (χ2v) is 2.51. The van der Waals surface area contributed by atoms with Crippen LogP contribution in [0.4, 0.5) is 0 Å². The molecule has 1 heterocycles. The zero-order valence-corrected chi connectivity index (χ0v) is 6.29. The van der Waals surface area contributed by atoms with E-state index in [1.165, 1.54) is 0 Å². The van der Waals surface area contributed by atoms with Gasteiger partial charge in [0.1, 0.15) is 12.6 Å². The van der Waals surface area contributed by atoms with Crippen LogP contribution in [-0.4, -0.2) is 11.9 Å². The fourth-order valence-corrected chi connectivity index (χ4v) is 0.676. The van der Waals surface area contributed by atoms with Gasteiger partial charge in [0, 0.05) is 0 Å². The van der Waals surface area contributed by atoms with Gasteiger partial charge in [-0.15, -0.1) is 0 Å². The molecule has 1 aliphatic rings. The Hall–Kier alpha value is -0.990. The maximum Gasteiger partial charge on any atom is 0.119 e. The minimum atomic E-state index is -0.0938. The smallest absolute Gasteiger partial charge is 0.119 e. The molecule has 3 nitrogen and oxygen atoms in total. The first-order valence-electron chi connectivity index (χ1n) is 3.39. The molecule has 0 spiro atoms. The lowest BCUT2D eigenvalue weighted by molar-refractivity contribution is 0.199. The maximum absolute atomic E-state index is 4.81. The summed E-state index contributed by atoms with van der Waals surface area (Å²) in [5.74, 6) is 0. The molecule has 0 aliphatic carbocycles. The van der Waals surface area contributed by atoms with Crippen molar-refractivity contribution < 1.29 is 4.84 Å². The third-order valence-corrected chi connectivity index (χ3v) is 1.69. The zero-order chi connectivity index (χ0) is 7.45. The number of hydroxylamine groups is 1. The highest BCUT2D eigenvalue weighted by Gasteiger charge is 2.16. The van der Waals surface area contributed by atoms with Crippen LogP contribution in [0.25, 0.3) is 0 Å². The van der Waals surface area contributed by atoms with Crippen molar-refractivity contribution in [1.29, 1.82) is 0 Å². The van der Waals surface area contributed by atoms with Crippen molar-refractivity contribution in [1.82, 2.24) is 5.48 Å². The predicted molar refractivity (Wildman–Crippen MR) is 40.5 cm³/mol. The van der Waals surface area contributed by atoms with Gasteiger partial charge in [0.05, 0.1) is 5.54 Å². The van der Waals surface area contributed by atoms with Crippen molar-refractivity contribution in [2.75, 3.05) is 0 Å². The molecule has 1 unspecified atom stereocenters. The van der Waals surface area contributed by atoms with Gasteiger partial charge >= 0.3 is 0 Å². The second kappa shape index (κ2) is 2.73. The molecule has 1 rings (SSSR count). The highest BCUT2D eigenvalue weighted by atomic mass is 16.6. The summed E-state index contributed by atoms with van der Waals surface area (Å²) in [7, 11) is 0. The van der Waals surface area contributed by atoms with Crippen LogP contribution in [0.15, 0.2) is 17.3 Å². The van der Waals surface area contributed by atoms with Gasteiger partial charge in [0.15, 0.2) is 0 Å². The van der Waals surface area contributed by atoms with Crippen LogP contribution in [0, 0.1) is 0 Å². The van der Waals surface area contributed by atoms with Crippen molar-refractivity contribution in [3.05, 3.63) is 12.3 Å². The number of hydrogen-bond acceptors (Lipinski definition) is 3. The van der Waals surface area contributed by atoms with E-state index in [0.29, 0.717) is 0 Å². The molecule has 56 valence electrons. The molecule has 10 heavy (non-hydrogen) atoms. The Labute approximate surface area is 60.7 Å².